The van der Waals surface area contributed by atoms with Gasteiger partial charge >= 0.3 is 0 Å². The molecule has 7 nitrogen and oxygen atoms in total. The summed E-state index contributed by atoms with van der Waals surface area (Å²) in [6, 6.07) is 18.3. The van der Waals surface area contributed by atoms with E-state index >= 15 is 0 Å². The minimum atomic E-state index is -0.649. The summed E-state index contributed by atoms with van der Waals surface area (Å²) in [5, 5.41) is 12.3. The van der Waals surface area contributed by atoms with Crippen molar-refractivity contribution < 1.29 is 14.8 Å². The smallest absolute Gasteiger partial charge is 0.262 e. The van der Waals surface area contributed by atoms with E-state index < -0.39 is 5.91 Å². The van der Waals surface area contributed by atoms with Crippen LogP contribution in [0.15, 0.2) is 54.6 Å². The van der Waals surface area contributed by atoms with Crippen LogP contribution in [0.1, 0.15) is 22.9 Å². The van der Waals surface area contributed by atoms with Crippen molar-refractivity contribution in [1.82, 2.24) is 20.7 Å². The minimum absolute atomic E-state index is 0.0743. The Hall–Kier alpha value is -3.16. The summed E-state index contributed by atoms with van der Waals surface area (Å²) < 4.78 is 0. The third-order valence-corrected chi connectivity index (χ3v) is 5.17. The van der Waals surface area contributed by atoms with Gasteiger partial charge in [0, 0.05) is 23.1 Å². The third-order valence-electron chi connectivity index (χ3n) is 5.17. The topological polar surface area (TPSA) is 97.5 Å². The molecule has 3 aromatic rings. The van der Waals surface area contributed by atoms with Crippen LogP contribution in [0.25, 0.3) is 10.9 Å². The van der Waals surface area contributed by atoms with Crippen LogP contribution < -0.4 is 10.8 Å². The molecular formula is C21H22N4O3. The van der Waals surface area contributed by atoms with Crippen LogP contribution in [-0.2, 0) is 16.0 Å². The van der Waals surface area contributed by atoms with Crippen LogP contribution in [0, 0.1) is 0 Å². The summed E-state index contributed by atoms with van der Waals surface area (Å²) in [6.07, 6.45) is 0.840. The number of H-pyrrole nitrogens is 1. The molecule has 2 aromatic carbocycles. The number of hydrogen-bond acceptors (Lipinski definition) is 4. The van der Waals surface area contributed by atoms with Crippen molar-refractivity contribution in [2.45, 2.75) is 12.5 Å². The maximum absolute atomic E-state index is 12.4. The molecular weight excluding hydrogens is 356 g/mol. The molecule has 0 saturated carbocycles. The monoisotopic (exact) mass is 378 g/mol. The number of hydrogen-bond donors (Lipinski definition) is 4. The Bertz CT molecular complexity index is 999. The van der Waals surface area contributed by atoms with Gasteiger partial charge in [-0.25, -0.2) is 5.48 Å². The number of para-hydroxylation sites is 1. The van der Waals surface area contributed by atoms with Crippen LogP contribution in [0.5, 0.6) is 0 Å². The van der Waals surface area contributed by atoms with Crippen molar-refractivity contribution >= 4 is 22.7 Å². The van der Waals surface area contributed by atoms with Crippen molar-refractivity contribution in [3.8, 4) is 0 Å². The fourth-order valence-electron chi connectivity index (χ4n) is 3.93. The molecule has 0 spiro atoms. The zero-order valence-corrected chi connectivity index (χ0v) is 15.3. The molecule has 2 amide bonds. The number of carbonyl (C=O) groups excluding carboxylic acids is 2. The molecule has 2 heterocycles. The van der Waals surface area contributed by atoms with E-state index in [0.717, 1.165) is 29.7 Å². The van der Waals surface area contributed by atoms with Gasteiger partial charge in [0.2, 0.25) is 5.91 Å². The summed E-state index contributed by atoms with van der Waals surface area (Å²) in [4.78, 5) is 29.2. The first-order valence-corrected chi connectivity index (χ1v) is 9.25. The Kier molecular flexibility index (Phi) is 5.10. The van der Waals surface area contributed by atoms with Crippen molar-refractivity contribution in [3.63, 3.8) is 0 Å². The number of amides is 2. The lowest BCUT2D eigenvalue weighted by Gasteiger charge is -2.35. The summed E-state index contributed by atoms with van der Waals surface area (Å²) in [5.41, 5.74) is 6.12. The first kappa shape index (κ1) is 18.2. The lowest BCUT2D eigenvalue weighted by Crippen LogP contribution is -2.45. The normalized spacial score (nSPS) is 16.5. The van der Waals surface area contributed by atoms with Gasteiger partial charge < -0.3 is 10.3 Å². The van der Waals surface area contributed by atoms with Crippen molar-refractivity contribution in [2.75, 3.05) is 19.6 Å². The van der Waals surface area contributed by atoms with Crippen LogP contribution in [0.2, 0.25) is 0 Å². The van der Waals surface area contributed by atoms with E-state index in [9.17, 15) is 9.59 Å². The summed E-state index contributed by atoms with van der Waals surface area (Å²) in [6.45, 7) is 0.637. The van der Waals surface area contributed by atoms with Gasteiger partial charge in [-0.1, -0.05) is 48.5 Å². The lowest BCUT2D eigenvalue weighted by atomic mass is 9.92. The Labute approximate surface area is 162 Å². The summed E-state index contributed by atoms with van der Waals surface area (Å²) in [5.74, 6) is -0.909. The van der Waals surface area contributed by atoms with Crippen molar-refractivity contribution in [1.29, 1.82) is 0 Å². The highest BCUT2D eigenvalue weighted by Crippen LogP contribution is 2.38. The highest BCUT2D eigenvalue weighted by molar-refractivity contribution is 5.86. The van der Waals surface area contributed by atoms with E-state index in [-0.39, 0.29) is 25.0 Å². The maximum atomic E-state index is 12.4. The molecule has 0 aliphatic carbocycles. The number of rotatable bonds is 5. The second kappa shape index (κ2) is 7.84. The second-order valence-electron chi connectivity index (χ2n) is 6.91. The highest BCUT2D eigenvalue weighted by atomic mass is 16.5. The van der Waals surface area contributed by atoms with Gasteiger partial charge in [-0.2, -0.15) is 0 Å². The van der Waals surface area contributed by atoms with Crippen LogP contribution in [-0.4, -0.2) is 46.5 Å². The number of aromatic amines is 1. The fourth-order valence-corrected chi connectivity index (χ4v) is 3.93. The third kappa shape index (κ3) is 3.49. The van der Waals surface area contributed by atoms with Crippen molar-refractivity contribution in [2.24, 2.45) is 0 Å². The molecule has 144 valence electrons. The summed E-state index contributed by atoms with van der Waals surface area (Å²) >= 11 is 0. The fraction of sp³-hybridized carbons (Fsp3) is 0.238. The molecule has 1 unspecified atom stereocenters. The van der Waals surface area contributed by atoms with Crippen LogP contribution in [0.4, 0.5) is 0 Å². The molecule has 0 radical (unpaired) electrons. The molecule has 1 aliphatic heterocycles. The molecule has 0 fully saturated rings. The number of carbonyl (C=O) groups is 2. The van der Waals surface area contributed by atoms with Crippen LogP contribution in [0.3, 0.4) is 0 Å². The first-order chi connectivity index (χ1) is 13.7. The predicted molar refractivity (Wildman–Crippen MR) is 105 cm³/mol. The largest absolute Gasteiger partial charge is 0.357 e. The van der Waals surface area contributed by atoms with Gasteiger partial charge in [-0.05, 0) is 23.6 Å². The van der Waals surface area contributed by atoms with Gasteiger partial charge in [0.1, 0.15) is 0 Å². The van der Waals surface area contributed by atoms with Gasteiger partial charge in [0.05, 0.1) is 19.1 Å². The number of nitrogens with one attached hydrogen (secondary N) is 3. The number of fused-ring (bicyclic) bond motifs is 3. The molecule has 7 heteroatoms. The summed E-state index contributed by atoms with van der Waals surface area (Å²) in [7, 11) is 0. The number of aromatic nitrogens is 1. The minimum Gasteiger partial charge on any atom is -0.357 e. The molecule has 28 heavy (non-hydrogen) atoms. The first-order valence-electron chi connectivity index (χ1n) is 9.25. The number of nitrogens with zero attached hydrogens (tertiary/aromatic N) is 1. The van der Waals surface area contributed by atoms with E-state index in [1.165, 1.54) is 16.4 Å². The number of benzene rings is 2. The van der Waals surface area contributed by atoms with E-state index in [0.29, 0.717) is 0 Å². The zero-order chi connectivity index (χ0) is 19.5. The van der Waals surface area contributed by atoms with E-state index in [1.54, 1.807) is 0 Å². The Morgan fingerprint density at radius 3 is 2.61 bits per heavy atom. The van der Waals surface area contributed by atoms with Gasteiger partial charge in [0.15, 0.2) is 0 Å². The second-order valence-corrected chi connectivity index (χ2v) is 6.91. The molecule has 0 saturated heterocycles. The predicted octanol–water partition coefficient (Wildman–Crippen LogP) is 1.74. The number of hydroxylamine groups is 1. The quantitative estimate of drug-likeness (QED) is 0.402. The molecule has 4 rings (SSSR count). The Morgan fingerprint density at radius 1 is 1.07 bits per heavy atom. The lowest BCUT2D eigenvalue weighted by molar-refractivity contribution is -0.131. The standard InChI is InChI=1S/C21H22N4O3/c26-18(24-28)12-22-19(27)13-25-11-10-16-15-8-4-5-9-17(15)23-20(16)21(25)14-6-2-1-3-7-14/h1-9,21,23,28H,10-13H2,(H,22,27)(H,24,26). The van der Waals surface area contributed by atoms with Crippen molar-refractivity contribution in [3.05, 3.63) is 71.4 Å². The molecule has 4 N–H and O–H groups in total. The molecule has 0 bridgehead atoms. The van der Waals surface area contributed by atoms with Gasteiger partial charge in [-0.15, -0.1) is 0 Å². The molecule has 1 aromatic heterocycles. The van der Waals surface area contributed by atoms with Gasteiger partial charge in [0.25, 0.3) is 5.91 Å². The average molecular weight is 378 g/mol. The zero-order valence-electron chi connectivity index (χ0n) is 15.3. The Morgan fingerprint density at radius 2 is 1.82 bits per heavy atom. The average Bonchev–Trinajstić information content (AvgIpc) is 3.11. The highest BCUT2D eigenvalue weighted by Gasteiger charge is 2.32. The van der Waals surface area contributed by atoms with Crippen LogP contribution >= 0.6 is 0 Å². The molecule has 1 aliphatic rings. The van der Waals surface area contributed by atoms with E-state index in [1.807, 2.05) is 30.3 Å². The van der Waals surface area contributed by atoms with Gasteiger partial charge in [-0.3, -0.25) is 19.7 Å². The SMILES string of the molecule is O=C(CNC(=O)CN1CCc2c([nH]c3ccccc23)C1c1ccccc1)NO. The Balaban J connectivity index is 1.65. The van der Waals surface area contributed by atoms with E-state index in [2.05, 4.69) is 39.5 Å². The van der Waals surface area contributed by atoms with E-state index in [4.69, 9.17) is 5.21 Å². The maximum Gasteiger partial charge on any atom is 0.262 e. The molecule has 1 atom stereocenters.